The van der Waals surface area contributed by atoms with Crippen LogP contribution in [-0.4, -0.2) is 87.0 Å². The number of likely N-dealkylation sites (tertiary alicyclic amines) is 2. The van der Waals surface area contributed by atoms with E-state index in [-0.39, 0.29) is 24.5 Å². The van der Waals surface area contributed by atoms with Crippen LogP contribution < -0.4 is 5.32 Å². The molecule has 0 spiro atoms. The Kier molecular flexibility index (Phi) is 6.71. The van der Waals surface area contributed by atoms with E-state index in [1.165, 1.54) is 12.8 Å². The Morgan fingerprint density at radius 3 is 2.67 bits per heavy atom. The van der Waals surface area contributed by atoms with Crippen LogP contribution in [0.2, 0.25) is 0 Å². The van der Waals surface area contributed by atoms with Crippen molar-refractivity contribution in [3.8, 4) is 0 Å². The quantitative estimate of drug-likeness (QED) is 0.616. The van der Waals surface area contributed by atoms with Crippen molar-refractivity contribution in [1.82, 2.24) is 19.6 Å². The molecule has 2 fully saturated rings. The van der Waals surface area contributed by atoms with E-state index in [0.29, 0.717) is 18.9 Å². The molecule has 24 heavy (non-hydrogen) atoms. The average molecular weight is 339 g/mol. The maximum atomic E-state index is 12.0. The molecule has 0 bridgehead atoms. The van der Waals surface area contributed by atoms with Crippen molar-refractivity contribution in [3.63, 3.8) is 0 Å². The molecule has 3 rings (SSSR count). The molecule has 0 unspecified atom stereocenters. The van der Waals surface area contributed by atoms with Gasteiger partial charge in [0.2, 0.25) is 5.91 Å². The monoisotopic (exact) mass is 339 g/mol. The average Bonchev–Trinajstić information content (AvgIpc) is 3.22. The van der Waals surface area contributed by atoms with E-state index in [4.69, 9.17) is 9.90 Å². The Labute approximate surface area is 140 Å². The number of hydrogen-bond acceptors (Lipinski definition) is 6. The van der Waals surface area contributed by atoms with Crippen LogP contribution in [0.5, 0.6) is 0 Å². The number of carboxylic acid groups (broad SMARTS) is 1. The molecule has 9 nitrogen and oxygen atoms in total. The second-order valence-electron chi connectivity index (χ2n) is 6.10. The van der Waals surface area contributed by atoms with Crippen LogP contribution in [0.1, 0.15) is 12.8 Å². The minimum atomic E-state index is -0.356. The highest BCUT2D eigenvalue weighted by atomic mass is 16.3. The number of rotatable bonds is 4. The standard InChI is InChI=1S/C14H23N5O2.CH2O2/c1-17-7-4-13(16-17)15-14(21)10-18-8-11(12(20)9-18)19-5-2-3-6-19;2-1-3/h4,7,11-12,20H,2-3,5-6,8-10H2,1H3,(H,15,16,21);1H,(H,2,3)/t11-,12-;/m0./s1. The summed E-state index contributed by atoms with van der Waals surface area (Å²) in [6.45, 7) is 3.51. The number of aromatic nitrogens is 2. The molecule has 2 saturated heterocycles. The van der Waals surface area contributed by atoms with Gasteiger partial charge in [0.05, 0.1) is 12.6 Å². The third kappa shape index (κ3) is 5.02. The Bertz CT molecular complexity index is 544. The van der Waals surface area contributed by atoms with Gasteiger partial charge in [0.15, 0.2) is 5.82 Å². The van der Waals surface area contributed by atoms with Crippen LogP contribution in [0.4, 0.5) is 5.82 Å². The summed E-state index contributed by atoms with van der Waals surface area (Å²) in [4.78, 5) is 24.7. The number of carbonyl (C=O) groups excluding carboxylic acids is 1. The normalized spacial score (nSPS) is 24.4. The summed E-state index contributed by atoms with van der Waals surface area (Å²) in [5.41, 5.74) is 0. The molecular weight excluding hydrogens is 314 g/mol. The van der Waals surface area contributed by atoms with E-state index in [1.807, 2.05) is 11.9 Å². The molecule has 0 aromatic carbocycles. The molecule has 0 saturated carbocycles. The summed E-state index contributed by atoms with van der Waals surface area (Å²) in [6, 6.07) is 1.94. The smallest absolute Gasteiger partial charge is 0.290 e. The van der Waals surface area contributed by atoms with Gasteiger partial charge in [-0.25, -0.2) is 0 Å². The van der Waals surface area contributed by atoms with Gasteiger partial charge in [0, 0.05) is 38.4 Å². The van der Waals surface area contributed by atoms with E-state index in [2.05, 4.69) is 15.3 Å². The summed E-state index contributed by atoms with van der Waals surface area (Å²) < 4.78 is 1.65. The van der Waals surface area contributed by atoms with Crippen molar-refractivity contribution >= 4 is 18.2 Å². The van der Waals surface area contributed by atoms with Gasteiger partial charge in [-0.2, -0.15) is 5.10 Å². The number of aliphatic hydroxyl groups is 1. The molecule has 2 atom stereocenters. The van der Waals surface area contributed by atoms with Crippen LogP contribution in [0.15, 0.2) is 12.3 Å². The predicted octanol–water partition coefficient (Wildman–Crippen LogP) is -0.800. The van der Waals surface area contributed by atoms with Gasteiger partial charge in [-0.1, -0.05) is 0 Å². The molecule has 1 aromatic rings. The van der Waals surface area contributed by atoms with Gasteiger partial charge in [0.1, 0.15) is 0 Å². The second kappa shape index (κ2) is 8.76. The summed E-state index contributed by atoms with van der Waals surface area (Å²) in [6.07, 6.45) is 3.86. The first-order valence-corrected chi connectivity index (χ1v) is 8.05. The van der Waals surface area contributed by atoms with Gasteiger partial charge in [-0.05, 0) is 25.9 Å². The zero-order valence-electron chi connectivity index (χ0n) is 13.8. The van der Waals surface area contributed by atoms with E-state index in [9.17, 15) is 9.90 Å². The fourth-order valence-electron chi connectivity index (χ4n) is 3.28. The Morgan fingerprint density at radius 2 is 2.08 bits per heavy atom. The van der Waals surface area contributed by atoms with Crippen LogP contribution in [0.3, 0.4) is 0 Å². The van der Waals surface area contributed by atoms with Crippen molar-refractivity contribution in [1.29, 1.82) is 0 Å². The number of nitrogens with zero attached hydrogens (tertiary/aromatic N) is 4. The van der Waals surface area contributed by atoms with Gasteiger partial charge in [-0.3, -0.25) is 24.1 Å². The third-order valence-electron chi connectivity index (χ3n) is 4.29. The number of carbonyl (C=O) groups is 2. The summed E-state index contributed by atoms with van der Waals surface area (Å²) in [7, 11) is 1.81. The number of anilines is 1. The predicted molar refractivity (Wildman–Crippen MR) is 87.6 cm³/mol. The first kappa shape index (κ1) is 18.4. The highest BCUT2D eigenvalue weighted by Gasteiger charge is 2.36. The maximum Gasteiger partial charge on any atom is 0.290 e. The topological polar surface area (TPSA) is 111 Å². The molecule has 0 aliphatic carbocycles. The van der Waals surface area contributed by atoms with Gasteiger partial charge in [0.25, 0.3) is 6.47 Å². The molecule has 3 N–H and O–H groups in total. The molecule has 1 aromatic heterocycles. The molecule has 0 radical (unpaired) electrons. The minimum Gasteiger partial charge on any atom is -0.483 e. The second-order valence-corrected chi connectivity index (χ2v) is 6.10. The third-order valence-corrected chi connectivity index (χ3v) is 4.29. The highest BCUT2D eigenvalue weighted by molar-refractivity contribution is 5.91. The summed E-state index contributed by atoms with van der Waals surface area (Å²) >= 11 is 0. The Balaban J connectivity index is 0.000000647. The number of nitrogens with one attached hydrogen (secondary N) is 1. The van der Waals surface area contributed by atoms with E-state index >= 15 is 0 Å². The molecule has 134 valence electrons. The molecule has 2 aliphatic heterocycles. The fraction of sp³-hybridized carbons (Fsp3) is 0.667. The summed E-state index contributed by atoms with van der Waals surface area (Å²) in [5.74, 6) is 0.487. The molecule has 3 heterocycles. The number of amides is 1. The van der Waals surface area contributed by atoms with Crippen LogP contribution in [0.25, 0.3) is 0 Å². The van der Waals surface area contributed by atoms with E-state index in [1.54, 1.807) is 16.9 Å². The number of aryl methyl sites for hydroxylation is 1. The van der Waals surface area contributed by atoms with Gasteiger partial charge >= 0.3 is 0 Å². The van der Waals surface area contributed by atoms with Crippen molar-refractivity contribution in [3.05, 3.63) is 12.3 Å². The lowest BCUT2D eigenvalue weighted by molar-refractivity contribution is -0.123. The van der Waals surface area contributed by atoms with Gasteiger partial charge in [-0.15, -0.1) is 0 Å². The Morgan fingerprint density at radius 1 is 1.42 bits per heavy atom. The first-order chi connectivity index (χ1) is 11.5. The lowest BCUT2D eigenvalue weighted by atomic mass is 10.2. The molecule has 1 amide bonds. The lowest BCUT2D eigenvalue weighted by Gasteiger charge is -2.25. The Hall–Kier alpha value is -1.97. The first-order valence-electron chi connectivity index (χ1n) is 8.05. The minimum absolute atomic E-state index is 0.0806. The number of aliphatic hydroxyl groups excluding tert-OH is 1. The SMILES string of the molecule is Cn1ccc(NC(=O)CN2C[C@H](O)[C@@H](N3CCCC3)C2)n1.O=CO. The molecular formula is C15H25N5O4. The number of β-amino-alcohol motifs (C(OH)–C–C–N with tert-alkyl or cyclic N) is 1. The van der Waals surface area contributed by atoms with Gasteiger partial charge < -0.3 is 15.5 Å². The van der Waals surface area contributed by atoms with Crippen molar-refractivity contribution in [2.24, 2.45) is 7.05 Å². The molecule has 2 aliphatic rings. The number of hydrogen-bond donors (Lipinski definition) is 3. The molecule has 9 heteroatoms. The van der Waals surface area contributed by atoms with Crippen molar-refractivity contribution < 1.29 is 19.8 Å². The van der Waals surface area contributed by atoms with E-state index < -0.39 is 0 Å². The highest BCUT2D eigenvalue weighted by Crippen LogP contribution is 2.20. The van der Waals surface area contributed by atoms with E-state index in [0.717, 1.165) is 19.6 Å². The fourth-order valence-corrected chi connectivity index (χ4v) is 3.28. The van der Waals surface area contributed by atoms with Crippen molar-refractivity contribution in [2.75, 3.05) is 38.0 Å². The van der Waals surface area contributed by atoms with Crippen LogP contribution in [-0.2, 0) is 16.6 Å². The zero-order valence-corrected chi connectivity index (χ0v) is 13.8. The maximum absolute atomic E-state index is 12.0. The summed E-state index contributed by atoms with van der Waals surface area (Å²) in [5, 5.41) is 24.0. The van der Waals surface area contributed by atoms with Crippen LogP contribution >= 0.6 is 0 Å². The lowest BCUT2D eigenvalue weighted by Crippen LogP contribution is -2.41. The zero-order chi connectivity index (χ0) is 17.5. The van der Waals surface area contributed by atoms with Crippen molar-refractivity contribution in [2.45, 2.75) is 25.0 Å². The largest absolute Gasteiger partial charge is 0.483 e. The van der Waals surface area contributed by atoms with Crippen LogP contribution in [0, 0.1) is 0 Å².